The lowest BCUT2D eigenvalue weighted by atomic mass is 9.93. The van der Waals surface area contributed by atoms with Crippen molar-refractivity contribution in [2.24, 2.45) is 0 Å². The molecule has 0 unspecified atom stereocenters. The first kappa shape index (κ1) is 19.0. The van der Waals surface area contributed by atoms with Gasteiger partial charge in [-0.25, -0.2) is 0 Å². The molecule has 1 N–H and O–H groups in total. The quantitative estimate of drug-likeness (QED) is 0.267. The van der Waals surface area contributed by atoms with Crippen LogP contribution in [0.1, 0.15) is 28.4 Å². The average molecular weight is 474 g/mol. The summed E-state index contributed by atoms with van der Waals surface area (Å²) in [5, 5.41) is 10.4. The fourth-order valence-electron chi connectivity index (χ4n) is 2.82. The van der Waals surface area contributed by atoms with Crippen LogP contribution in [0.3, 0.4) is 0 Å². The van der Waals surface area contributed by atoms with E-state index in [0.717, 1.165) is 30.9 Å². The summed E-state index contributed by atoms with van der Waals surface area (Å²) in [6, 6.07) is 19.1. The Hall–Kier alpha value is -1.79. The summed E-state index contributed by atoms with van der Waals surface area (Å²) in [6.45, 7) is 4.05. The van der Waals surface area contributed by atoms with Crippen molar-refractivity contribution in [1.82, 2.24) is 0 Å². The zero-order chi connectivity index (χ0) is 18.7. The fourth-order valence-corrected chi connectivity index (χ4v) is 4.58. The summed E-state index contributed by atoms with van der Waals surface area (Å²) in [5.41, 5.74) is 4.13. The molecule has 0 aliphatic heterocycles. The van der Waals surface area contributed by atoms with Crippen LogP contribution in [0.15, 0.2) is 65.6 Å². The van der Waals surface area contributed by atoms with Gasteiger partial charge >= 0.3 is 0 Å². The standard InChI is InChI=1S/C22H19IO2S/c1-3-26-22-19(21(25)16-11-9-14(2)10-12-16)17(13-18(24)20(22)23)15-7-5-4-6-8-15/h4-13,24H,3H2,1-2H3. The SMILES string of the molecule is CCSc1c(I)c(O)cc(-c2ccccc2)c1C(=O)c1ccc(C)cc1. The van der Waals surface area contributed by atoms with Crippen molar-refractivity contribution in [2.75, 3.05) is 5.75 Å². The van der Waals surface area contributed by atoms with Crippen molar-refractivity contribution in [2.45, 2.75) is 18.7 Å². The van der Waals surface area contributed by atoms with Crippen LogP contribution in [0.25, 0.3) is 11.1 Å². The molecule has 0 radical (unpaired) electrons. The Morgan fingerprint density at radius 2 is 1.73 bits per heavy atom. The van der Waals surface area contributed by atoms with Gasteiger partial charge in [-0.15, -0.1) is 11.8 Å². The highest BCUT2D eigenvalue weighted by molar-refractivity contribution is 14.1. The number of carbonyl (C=O) groups is 1. The highest BCUT2D eigenvalue weighted by atomic mass is 127. The second-order valence-electron chi connectivity index (χ2n) is 5.96. The molecule has 0 amide bonds. The smallest absolute Gasteiger partial charge is 0.194 e. The highest BCUT2D eigenvalue weighted by Crippen LogP contribution is 2.41. The van der Waals surface area contributed by atoms with Gasteiger partial charge in [0.2, 0.25) is 0 Å². The zero-order valence-corrected chi connectivity index (χ0v) is 17.6. The number of thioether (sulfide) groups is 1. The molecule has 0 atom stereocenters. The predicted molar refractivity (Wildman–Crippen MR) is 117 cm³/mol. The van der Waals surface area contributed by atoms with Crippen molar-refractivity contribution < 1.29 is 9.90 Å². The lowest BCUT2D eigenvalue weighted by Crippen LogP contribution is -2.07. The van der Waals surface area contributed by atoms with Gasteiger partial charge in [-0.1, -0.05) is 67.1 Å². The minimum Gasteiger partial charge on any atom is -0.507 e. The summed E-state index contributed by atoms with van der Waals surface area (Å²) in [4.78, 5) is 14.3. The van der Waals surface area contributed by atoms with E-state index in [2.05, 4.69) is 22.6 Å². The van der Waals surface area contributed by atoms with Crippen molar-refractivity contribution >= 4 is 40.1 Å². The van der Waals surface area contributed by atoms with E-state index in [9.17, 15) is 9.90 Å². The number of rotatable bonds is 5. The first-order valence-corrected chi connectivity index (χ1v) is 10.4. The van der Waals surface area contributed by atoms with Gasteiger partial charge in [0.15, 0.2) is 5.78 Å². The van der Waals surface area contributed by atoms with E-state index >= 15 is 0 Å². The maximum Gasteiger partial charge on any atom is 0.194 e. The summed E-state index contributed by atoms with van der Waals surface area (Å²) in [6.07, 6.45) is 0. The molecule has 0 fully saturated rings. The third kappa shape index (κ3) is 3.81. The molecular formula is C22H19IO2S. The second-order valence-corrected chi connectivity index (χ2v) is 8.31. The van der Waals surface area contributed by atoms with E-state index in [0.29, 0.717) is 11.1 Å². The third-order valence-corrected chi connectivity index (χ3v) is 6.56. The van der Waals surface area contributed by atoms with Crippen molar-refractivity contribution in [3.05, 3.63) is 80.9 Å². The molecule has 26 heavy (non-hydrogen) atoms. The van der Waals surface area contributed by atoms with E-state index in [4.69, 9.17) is 0 Å². The minimum atomic E-state index is -0.0160. The number of carbonyl (C=O) groups excluding carboxylic acids is 1. The lowest BCUT2D eigenvalue weighted by Gasteiger charge is -2.17. The summed E-state index contributed by atoms with van der Waals surface area (Å²) >= 11 is 3.71. The molecule has 0 bridgehead atoms. The van der Waals surface area contributed by atoms with Crippen LogP contribution in [-0.4, -0.2) is 16.6 Å². The first-order chi connectivity index (χ1) is 12.5. The number of aryl methyl sites for hydroxylation is 1. The third-order valence-electron chi connectivity index (χ3n) is 4.12. The minimum absolute atomic E-state index is 0.0160. The molecule has 3 rings (SSSR count). The number of phenols is 1. The Balaban J connectivity index is 2.28. The highest BCUT2D eigenvalue weighted by Gasteiger charge is 2.23. The van der Waals surface area contributed by atoms with Crippen LogP contribution in [0.2, 0.25) is 0 Å². The summed E-state index contributed by atoms with van der Waals surface area (Å²) in [7, 11) is 0. The Kier molecular flexibility index (Phi) is 6.04. The average Bonchev–Trinajstić information content (AvgIpc) is 2.66. The largest absolute Gasteiger partial charge is 0.507 e. The Bertz CT molecular complexity index is 935. The molecule has 2 nitrogen and oxygen atoms in total. The molecule has 3 aromatic carbocycles. The Morgan fingerprint density at radius 1 is 1.08 bits per heavy atom. The molecule has 0 saturated heterocycles. The van der Waals surface area contributed by atoms with Crippen LogP contribution >= 0.6 is 34.4 Å². The van der Waals surface area contributed by atoms with Gasteiger partial charge in [0, 0.05) is 16.0 Å². The number of aromatic hydroxyl groups is 1. The normalized spacial score (nSPS) is 10.7. The number of hydrogen-bond donors (Lipinski definition) is 1. The molecular weight excluding hydrogens is 455 g/mol. The molecule has 0 heterocycles. The summed E-state index contributed by atoms with van der Waals surface area (Å²) < 4.78 is 0.726. The van der Waals surface area contributed by atoms with E-state index in [1.165, 1.54) is 0 Å². The molecule has 132 valence electrons. The number of benzene rings is 3. The molecule has 4 heteroatoms. The summed E-state index contributed by atoms with van der Waals surface area (Å²) in [5.74, 6) is 1.01. The monoisotopic (exact) mass is 474 g/mol. The fraction of sp³-hybridized carbons (Fsp3) is 0.136. The van der Waals surface area contributed by atoms with Gasteiger partial charge in [-0.3, -0.25) is 4.79 Å². The number of halogens is 1. The van der Waals surface area contributed by atoms with Crippen molar-refractivity contribution in [1.29, 1.82) is 0 Å². The van der Waals surface area contributed by atoms with Gasteiger partial charge in [-0.05, 0) is 52.5 Å². The number of ketones is 1. The van der Waals surface area contributed by atoms with Crippen LogP contribution < -0.4 is 0 Å². The maximum atomic E-state index is 13.4. The van der Waals surface area contributed by atoms with E-state index in [1.54, 1.807) is 17.8 Å². The zero-order valence-electron chi connectivity index (χ0n) is 14.6. The van der Waals surface area contributed by atoms with E-state index < -0.39 is 0 Å². The lowest BCUT2D eigenvalue weighted by molar-refractivity contribution is 0.103. The predicted octanol–water partition coefficient (Wildman–Crippen LogP) is 6.32. The topological polar surface area (TPSA) is 37.3 Å². The molecule has 0 saturated carbocycles. The van der Waals surface area contributed by atoms with Crippen LogP contribution in [0.5, 0.6) is 5.75 Å². The Labute approximate surface area is 171 Å². The maximum absolute atomic E-state index is 13.4. The van der Waals surface area contributed by atoms with Crippen molar-refractivity contribution in [3.8, 4) is 16.9 Å². The van der Waals surface area contributed by atoms with Gasteiger partial charge in [0.25, 0.3) is 0 Å². The van der Waals surface area contributed by atoms with Crippen LogP contribution in [0, 0.1) is 10.5 Å². The van der Waals surface area contributed by atoms with E-state index in [1.807, 2.05) is 68.4 Å². The number of phenolic OH excluding ortho intramolecular Hbond substituents is 1. The molecule has 0 aliphatic rings. The van der Waals surface area contributed by atoms with Crippen molar-refractivity contribution in [3.63, 3.8) is 0 Å². The molecule has 3 aromatic rings. The van der Waals surface area contributed by atoms with Gasteiger partial charge in [-0.2, -0.15) is 0 Å². The second kappa shape index (κ2) is 8.27. The molecule has 0 aliphatic carbocycles. The number of hydrogen-bond acceptors (Lipinski definition) is 3. The van der Waals surface area contributed by atoms with Crippen LogP contribution in [0.4, 0.5) is 0 Å². The van der Waals surface area contributed by atoms with Crippen LogP contribution in [-0.2, 0) is 0 Å². The molecule has 0 spiro atoms. The van der Waals surface area contributed by atoms with E-state index in [-0.39, 0.29) is 11.5 Å². The molecule has 0 aromatic heterocycles. The first-order valence-electron chi connectivity index (χ1n) is 8.38. The Morgan fingerprint density at radius 3 is 2.35 bits per heavy atom. The van der Waals surface area contributed by atoms with Gasteiger partial charge in [0.05, 0.1) is 3.57 Å². The van der Waals surface area contributed by atoms with Gasteiger partial charge < -0.3 is 5.11 Å². The van der Waals surface area contributed by atoms with Gasteiger partial charge in [0.1, 0.15) is 5.75 Å².